The third-order valence-electron chi connectivity index (χ3n) is 3.84. The van der Waals surface area contributed by atoms with Crippen molar-refractivity contribution < 1.29 is 14.7 Å². The van der Waals surface area contributed by atoms with Crippen molar-refractivity contribution in [2.75, 3.05) is 24.6 Å². The first kappa shape index (κ1) is 13.7. The summed E-state index contributed by atoms with van der Waals surface area (Å²) in [6, 6.07) is -0.222. The van der Waals surface area contributed by atoms with Crippen LogP contribution in [0.5, 0.6) is 0 Å². The Morgan fingerprint density at radius 1 is 1.44 bits per heavy atom. The topological polar surface area (TPSA) is 69.6 Å². The Morgan fingerprint density at radius 2 is 2.22 bits per heavy atom. The summed E-state index contributed by atoms with van der Waals surface area (Å²) in [6.07, 6.45) is 2.32. The van der Waals surface area contributed by atoms with Crippen LogP contribution in [-0.2, 0) is 9.59 Å². The van der Waals surface area contributed by atoms with Crippen LogP contribution in [0.25, 0.3) is 0 Å². The Hall–Kier alpha value is -0.750. The summed E-state index contributed by atoms with van der Waals surface area (Å²) >= 11 is 1.75. The van der Waals surface area contributed by atoms with Gasteiger partial charge in [-0.15, -0.1) is 0 Å². The van der Waals surface area contributed by atoms with Crippen molar-refractivity contribution in [1.82, 2.24) is 10.2 Å². The van der Waals surface area contributed by atoms with E-state index in [1.165, 1.54) is 0 Å². The second kappa shape index (κ2) is 5.48. The third-order valence-corrected chi connectivity index (χ3v) is 4.90. The second-order valence-corrected chi connectivity index (χ2v) is 6.26. The molecule has 0 aromatic carbocycles. The number of hydrogen-bond acceptors (Lipinski definition) is 4. The molecular weight excluding hydrogens is 252 g/mol. The number of rotatable bonds is 2. The number of aliphatic carboxylic acids is 1. The average Bonchev–Trinajstić information content (AvgIpc) is 2.39. The number of likely N-dealkylation sites (tertiary alicyclic amines) is 1. The van der Waals surface area contributed by atoms with Crippen molar-refractivity contribution in [1.29, 1.82) is 0 Å². The van der Waals surface area contributed by atoms with E-state index in [0.29, 0.717) is 13.0 Å². The number of carboxylic acid groups (broad SMARTS) is 1. The quantitative estimate of drug-likeness (QED) is 0.768. The van der Waals surface area contributed by atoms with Gasteiger partial charge in [0.05, 0.1) is 6.04 Å². The zero-order valence-electron chi connectivity index (χ0n) is 10.6. The van der Waals surface area contributed by atoms with Crippen LogP contribution in [0.1, 0.15) is 26.2 Å². The minimum atomic E-state index is -1.03. The fraction of sp³-hybridized carbons (Fsp3) is 0.833. The van der Waals surface area contributed by atoms with Gasteiger partial charge in [-0.1, -0.05) is 0 Å². The van der Waals surface area contributed by atoms with Crippen LogP contribution in [0.3, 0.4) is 0 Å². The van der Waals surface area contributed by atoms with E-state index in [-0.39, 0.29) is 11.9 Å². The number of nitrogens with one attached hydrogen (secondary N) is 1. The maximum Gasteiger partial charge on any atom is 0.329 e. The summed E-state index contributed by atoms with van der Waals surface area (Å²) in [5.41, 5.74) is -1.03. The van der Waals surface area contributed by atoms with E-state index in [1.807, 2.05) is 0 Å². The van der Waals surface area contributed by atoms with Crippen LogP contribution in [0, 0.1) is 0 Å². The molecule has 0 aliphatic carbocycles. The summed E-state index contributed by atoms with van der Waals surface area (Å²) in [5.74, 6) is 0.816. The van der Waals surface area contributed by atoms with Crippen LogP contribution in [0.4, 0.5) is 0 Å². The van der Waals surface area contributed by atoms with Gasteiger partial charge in [0.2, 0.25) is 5.91 Å². The van der Waals surface area contributed by atoms with Gasteiger partial charge in [0.1, 0.15) is 5.54 Å². The number of thioether (sulfide) groups is 1. The number of amides is 1. The van der Waals surface area contributed by atoms with Crippen molar-refractivity contribution in [3.8, 4) is 0 Å². The molecule has 2 fully saturated rings. The van der Waals surface area contributed by atoms with E-state index >= 15 is 0 Å². The largest absolute Gasteiger partial charge is 0.480 e. The molecule has 2 aliphatic rings. The number of hydrogen-bond donors (Lipinski definition) is 2. The Balaban J connectivity index is 2.13. The number of carbonyl (C=O) groups excluding carboxylic acids is 1. The van der Waals surface area contributed by atoms with Gasteiger partial charge in [0.15, 0.2) is 0 Å². The van der Waals surface area contributed by atoms with Gasteiger partial charge in [-0.25, -0.2) is 4.79 Å². The molecule has 2 aliphatic heterocycles. The second-order valence-electron chi connectivity index (χ2n) is 5.11. The van der Waals surface area contributed by atoms with Gasteiger partial charge in [-0.2, -0.15) is 11.8 Å². The lowest BCUT2D eigenvalue weighted by molar-refractivity contribution is -0.161. The maximum atomic E-state index is 12.5. The number of nitrogens with zero attached hydrogens (tertiary/aromatic N) is 1. The van der Waals surface area contributed by atoms with E-state index in [0.717, 1.165) is 30.9 Å². The molecule has 2 saturated heterocycles. The summed E-state index contributed by atoms with van der Waals surface area (Å²) in [4.78, 5) is 25.5. The first-order chi connectivity index (χ1) is 8.55. The van der Waals surface area contributed by atoms with Crippen LogP contribution >= 0.6 is 11.8 Å². The monoisotopic (exact) mass is 272 g/mol. The Bertz CT molecular complexity index is 344. The predicted molar refractivity (Wildman–Crippen MR) is 70.7 cm³/mol. The average molecular weight is 272 g/mol. The smallest absolute Gasteiger partial charge is 0.329 e. The SMILES string of the molecule is CC1(C(=O)O)CCCCN1C(=O)C1CSCCN1. The van der Waals surface area contributed by atoms with Gasteiger partial charge in [0.25, 0.3) is 0 Å². The highest BCUT2D eigenvalue weighted by Gasteiger charge is 2.45. The molecule has 2 unspecified atom stereocenters. The lowest BCUT2D eigenvalue weighted by Gasteiger charge is -2.43. The van der Waals surface area contributed by atoms with Gasteiger partial charge >= 0.3 is 5.97 Å². The minimum absolute atomic E-state index is 0.0493. The first-order valence-electron chi connectivity index (χ1n) is 6.42. The Labute approximate surface area is 111 Å². The molecule has 0 spiro atoms. The van der Waals surface area contributed by atoms with E-state index in [2.05, 4.69) is 5.32 Å². The highest BCUT2D eigenvalue weighted by atomic mass is 32.2. The van der Waals surface area contributed by atoms with Crippen LogP contribution in [-0.4, -0.2) is 58.1 Å². The molecule has 0 aromatic heterocycles. The molecule has 0 bridgehead atoms. The van der Waals surface area contributed by atoms with E-state index in [4.69, 9.17) is 0 Å². The van der Waals surface area contributed by atoms with Crippen molar-refractivity contribution >= 4 is 23.6 Å². The molecule has 0 saturated carbocycles. The predicted octanol–water partition coefficient (Wildman–Crippen LogP) is 0.547. The van der Waals surface area contributed by atoms with Crippen LogP contribution in [0.2, 0.25) is 0 Å². The highest BCUT2D eigenvalue weighted by Crippen LogP contribution is 2.29. The maximum absolute atomic E-state index is 12.5. The normalized spacial score (nSPS) is 33.2. The lowest BCUT2D eigenvalue weighted by Crippen LogP contribution is -2.62. The highest BCUT2D eigenvalue weighted by molar-refractivity contribution is 7.99. The molecular formula is C12H20N2O3S. The standard InChI is InChI=1S/C12H20N2O3S/c1-12(11(16)17)4-2-3-6-14(12)10(15)9-8-18-7-5-13-9/h9,13H,2-8H2,1H3,(H,16,17). The van der Waals surface area contributed by atoms with E-state index in [1.54, 1.807) is 23.6 Å². The molecule has 2 atom stereocenters. The molecule has 18 heavy (non-hydrogen) atoms. The molecule has 1 amide bonds. The summed E-state index contributed by atoms with van der Waals surface area (Å²) in [5, 5.41) is 12.6. The molecule has 0 aromatic rings. The zero-order valence-corrected chi connectivity index (χ0v) is 11.5. The minimum Gasteiger partial charge on any atom is -0.480 e. The molecule has 5 nitrogen and oxygen atoms in total. The van der Waals surface area contributed by atoms with Crippen molar-refractivity contribution in [2.24, 2.45) is 0 Å². The number of carbonyl (C=O) groups is 2. The molecule has 0 radical (unpaired) electrons. The summed E-state index contributed by atoms with van der Waals surface area (Å²) in [6.45, 7) is 3.05. The fourth-order valence-corrected chi connectivity index (χ4v) is 3.53. The third kappa shape index (κ3) is 2.49. The van der Waals surface area contributed by atoms with Crippen molar-refractivity contribution in [3.63, 3.8) is 0 Å². The summed E-state index contributed by atoms with van der Waals surface area (Å²) in [7, 11) is 0. The summed E-state index contributed by atoms with van der Waals surface area (Å²) < 4.78 is 0. The van der Waals surface area contributed by atoms with Gasteiger partial charge < -0.3 is 15.3 Å². The van der Waals surface area contributed by atoms with Crippen LogP contribution in [0.15, 0.2) is 0 Å². The van der Waals surface area contributed by atoms with Crippen molar-refractivity contribution in [2.45, 2.75) is 37.8 Å². The van der Waals surface area contributed by atoms with Gasteiger partial charge in [0, 0.05) is 24.6 Å². The van der Waals surface area contributed by atoms with Crippen molar-refractivity contribution in [3.05, 3.63) is 0 Å². The van der Waals surface area contributed by atoms with Gasteiger partial charge in [-0.05, 0) is 26.2 Å². The molecule has 2 rings (SSSR count). The van der Waals surface area contributed by atoms with E-state index < -0.39 is 11.5 Å². The molecule has 2 heterocycles. The molecule has 6 heteroatoms. The van der Waals surface area contributed by atoms with Gasteiger partial charge in [-0.3, -0.25) is 4.79 Å². The molecule has 102 valence electrons. The molecule has 2 N–H and O–H groups in total. The first-order valence-corrected chi connectivity index (χ1v) is 7.57. The Kier molecular flexibility index (Phi) is 4.17. The van der Waals surface area contributed by atoms with E-state index in [9.17, 15) is 14.7 Å². The fourth-order valence-electron chi connectivity index (χ4n) is 2.61. The lowest BCUT2D eigenvalue weighted by atomic mass is 9.88. The van der Waals surface area contributed by atoms with Crippen LogP contribution < -0.4 is 5.32 Å². The zero-order chi connectivity index (χ0) is 13.2. The number of piperidine rings is 1. The number of carboxylic acids is 1. The Morgan fingerprint density at radius 3 is 2.83 bits per heavy atom.